The molecule has 2 aromatic carbocycles. The number of aliphatic carboxylic acids is 1. The van der Waals surface area contributed by atoms with Gasteiger partial charge in [0.05, 0.1) is 6.54 Å². The fourth-order valence-corrected chi connectivity index (χ4v) is 4.87. The van der Waals surface area contributed by atoms with E-state index in [1.165, 1.54) is 22.3 Å². The second-order valence-electron chi connectivity index (χ2n) is 7.72. The number of hydrogen-bond donors (Lipinski definition) is 2. The summed E-state index contributed by atoms with van der Waals surface area (Å²) in [6.07, 6.45) is 6.59. The summed E-state index contributed by atoms with van der Waals surface area (Å²) in [4.78, 5) is 16.6. The Balaban J connectivity index is 1.48. The summed E-state index contributed by atoms with van der Waals surface area (Å²) in [7, 11) is 0. The molecule has 1 atom stereocenters. The van der Waals surface area contributed by atoms with Crippen LogP contribution in [0.2, 0.25) is 5.02 Å². The number of fused-ring (bicyclic) bond motifs is 2. The third-order valence-corrected chi connectivity index (χ3v) is 6.29. The molecule has 3 aliphatic rings. The van der Waals surface area contributed by atoms with Gasteiger partial charge in [-0.3, -0.25) is 0 Å². The van der Waals surface area contributed by atoms with Crippen LogP contribution in [0.1, 0.15) is 40.7 Å². The predicted molar refractivity (Wildman–Crippen MR) is 108 cm³/mol. The highest BCUT2D eigenvalue weighted by Gasteiger charge is 2.48. The molecule has 1 unspecified atom stereocenters. The third-order valence-electron chi connectivity index (χ3n) is 6.06. The number of hydrogen-bond acceptors (Lipinski definition) is 4. The van der Waals surface area contributed by atoms with E-state index in [0.29, 0.717) is 10.6 Å². The molecule has 1 heterocycles. The van der Waals surface area contributed by atoms with Crippen molar-refractivity contribution in [2.24, 2.45) is 4.99 Å². The van der Waals surface area contributed by atoms with Crippen LogP contribution in [-0.4, -0.2) is 23.6 Å². The number of halogens is 1. The van der Waals surface area contributed by atoms with Gasteiger partial charge in [0.25, 0.3) is 11.6 Å². The zero-order chi connectivity index (χ0) is 19.3. The van der Waals surface area contributed by atoms with E-state index in [1.54, 1.807) is 24.3 Å². The number of aryl methyl sites for hydroxylation is 2. The van der Waals surface area contributed by atoms with Gasteiger partial charge in [-0.05, 0) is 72.9 Å². The van der Waals surface area contributed by atoms with Gasteiger partial charge in [-0.1, -0.05) is 29.8 Å². The topological polar surface area (TPSA) is 70.9 Å². The SMILES string of the molecule is O=C(O)C1(c2cccc(Cl)c2)CN=C(Nc2c3c(cc4c2CCC4)CCC3)O1. The molecule has 0 aromatic heterocycles. The minimum atomic E-state index is -1.55. The van der Waals surface area contributed by atoms with Gasteiger partial charge >= 0.3 is 5.97 Å². The van der Waals surface area contributed by atoms with Crippen LogP contribution in [0.4, 0.5) is 5.69 Å². The average molecular weight is 397 g/mol. The van der Waals surface area contributed by atoms with Gasteiger partial charge in [0, 0.05) is 16.3 Å². The van der Waals surface area contributed by atoms with E-state index < -0.39 is 11.6 Å². The normalized spacial score (nSPS) is 22.4. The van der Waals surface area contributed by atoms with E-state index >= 15 is 0 Å². The third kappa shape index (κ3) is 2.68. The second kappa shape index (κ2) is 6.52. The second-order valence-corrected chi connectivity index (χ2v) is 8.16. The van der Waals surface area contributed by atoms with Crippen molar-refractivity contribution in [2.45, 2.75) is 44.1 Å². The number of amidine groups is 1. The number of nitrogens with one attached hydrogen (secondary N) is 1. The van der Waals surface area contributed by atoms with Gasteiger partial charge in [0.1, 0.15) is 0 Å². The van der Waals surface area contributed by atoms with Crippen LogP contribution < -0.4 is 5.32 Å². The molecule has 0 saturated carbocycles. The van der Waals surface area contributed by atoms with Gasteiger partial charge in [0.15, 0.2) is 0 Å². The Morgan fingerprint density at radius 3 is 2.46 bits per heavy atom. The van der Waals surface area contributed by atoms with Gasteiger partial charge in [-0.15, -0.1) is 0 Å². The Bertz CT molecular complexity index is 985. The zero-order valence-electron chi connectivity index (χ0n) is 15.4. The minimum absolute atomic E-state index is 0.0161. The van der Waals surface area contributed by atoms with Crippen molar-refractivity contribution >= 4 is 29.3 Å². The quantitative estimate of drug-likeness (QED) is 0.819. The lowest BCUT2D eigenvalue weighted by Crippen LogP contribution is -2.40. The molecule has 0 radical (unpaired) electrons. The Hall–Kier alpha value is -2.53. The minimum Gasteiger partial charge on any atom is -0.478 e. The molecule has 2 aromatic rings. The number of carboxylic acid groups (broad SMARTS) is 1. The standard InChI is InChI=1S/C22H21ClN2O3/c23-16-7-3-6-15(11-16)22(20(26)27)12-24-21(28-22)25-19-17-8-1-4-13(17)10-14-5-2-9-18(14)19/h3,6-7,10-11H,1-2,4-5,8-9,12H2,(H,24,25)(H,26,27). The summed E-state index contributed by atoms with van der Waals surface area (Å²) < 4.78 is 5.96. The Morgan fingerprint density at radius 2 is 1.82 bits per heavy atom. The van der Waals surface area contributed by atoms with Gasteiger partial charge in [0.2, 0.25) is 0 Å². The van der Waals surface area contributed by atoms with Crippen LogP contribution >= 0.6 is 11.6 Å². The molecule has 1 aliphatic heterocycles. The van der Waals surface area contributed by atoms with E-state index in [2.05, 4.69) is 16.4 Å². The van der Waals surface area contributed by atoms with Crippen LogP contribution in [0, 0.1) is 0 Å². The van der Waals surface area contributed by atoms with Gasteiger partial charge in [-0.25, -0.2) is 9.79 Å². The van der Waals surface area contributed by atoms with Crippen molar-refractivity contribution in [1.29, 1.82) is 0 Å². The van der Waals surface area contributed by atoms with Crippen molar-refractivity contribution < 1.29 is 14.6 Å². The first kappa shape index (κ1) is 17.6. The van der Waals surface area contributed by atoms with Crippen LogP contribution in [-0.2, 0) is 40.8 Å². The molecule has 28 heavy (non-hydrogen) atoms. The summed E-state index contributed by atoms with van der Waals surface area (Å²) >= 11 is 6.08. The van der Waals surface area contributed by atoms with Gasteiger partial charge in [-0.2, -0.15) is 0 Å². The summed E-state index contributed by atoms with van der Waals surface area (Å²) in [6.45, 7) is 0.0161. The van der Waals surface area contributed by atoms with Crippen molar-refractivity contribution in [3.63, 3.8) is 0 Å². The highest BCUT2D eigenvalue weighted by molar-refractivity contribution is 6.30. The predicted octanol–water partition coefficient (Wildman–Crippen LogP) is 4.10. The van der Waals surface area contributed by atoms with E-state index in [1.807, 2.05) is 0 Å². The number of carboxylic acids is 1. The van der Waals surface area contributed by atoms with Crippen LogP contribution in [0.25, 0.3) is 0 Å². The average Bonchev–Trinajstić information content (AvgIpc) is 3.41. The maximum atomic E-state index is 12.1. The molecule has 0 fully saturated rings. The largest absolute Gasteiger partial charge is 0.478 e. The number of anilines is 1. The van der Waals surface area contributed by atoms with E-state index in [9.17, 15) is 9.90 Å². The maximum absolute atomic E-state index is 12.1. The van der Waals surface area contributed by atoms with Crippen LogP contribution in [0.5, 0.6) is 0 Å². The maximum Gasteiger partial charge on any atom is 0.354 e. The molecule has 5 nitrogen and oxygen atoms in total. The van der Waals surface area contributed by atoms with E-state index in [-0.39, 0.29) is 12.6 Å². The fourth-order valence-electron chi connectivity index (χ4n) is 4.68. The first-order valence-corrected chi connectivity index (χ1v) is 10.1. The lowest BCUT2D eigenvalue weighted by atomic mass is 9.94. The summed E-state index contributed by atoms with van der Waals surface area (Å²) in [5.74, 6) is -1.07. The highest BCUT2D eigenvalue weighted by Crippen LogP contribution is 2.40. The lowest BCUT2D eigenvalue weighted by Gasteiger charge is -2.25. The summed E-state index contributed by atoms with van der Waals surface area (Å²) in [5.41, 5.74) is 5.52. The van der Waals surface area contributed by atoms with Crippen molar-refractivity contribution in [2.75, 3.05) is 11.9 Å². The molecule has 0 saturated heterocycles. The summed E-state index contributed by atoms with van der Waals surface area (Å²) in [6, 6.07) is 9.43. The van der Waals surface area contributed by atoms with E-state index in [4.69, 9.17) is 16.3 Å². The Morgan fingerprint density at radius 1 is 1.11 bits per heavy atom. The molecule has 0 amide bonds. The van der Waals surface area contributed by atoms with Crippen LogP contribution in [0.15, 0.2) is 35.3 Å². The van der Waals surface area contributed by atoms with E-state index in [0.717, 1.165) is 44.2 Å². The number of benzene rings is 2. The molecular formula is C22H21ClN2O3. The van der Waals surface area contributed by atoms with Crippen molar-refractivity contribution in [3.05, 3.63) is 63.2 Å². The molecule has 0 spiro atoms. The smallest absolute Gasteiger partial charge is 0.354 e. The van der Waals surface area contributed by atoms with Crippen LogP contribution in [0.3, 0.4) is 0 Å². The molecule has 144 valence electrons. The number of rotatable bonds is 3. The Kier molecular flexibility index (Phi) is 4.09. The number of aliphatic imine (C=N–C) groups is 1. The molecule has 0 bridgehead atoms. The zero-order valence-corrected chi connectivity index (χ0v) is 16.2. The molecule has 2 aliphatic carbocycles. The summed E-state index contributed by atoms with van der Waals surface area (Å²) in [5, 5.41) is 13.8. The monoisotopic (exact) mass is 396 g/mol. The fraction of sp³-hybridized carbons (Fsp3) is 0.364. The van der Waals surface area contributed by atoms with Crippen molar-refractivity contribution in [1.82, 2.24) is 0 Å². The molecular weight excluding hydrogens is 376 g/mol. The number of carbonyl (C=O) groups is 1. The Labute approximate surface area is 168 Å². The lowest BCUT2D eigenvalue weighted by molar-refractivity contribution is -0.155. The highest BCUT2D eigenvalue weighted by atomic mass is 35.5. The number of nitrogens with zero attached hydrogens (tertiary/aromatic N) is 1. The first-order chi connectivity index (χ1) is 13.6. The number of ether oxygens (including phenoxy) is 1. The molecule has 6 heteroatoms. The first-order valence-electron chi connectivity index (χ1n) is 9.73. The molecule has 2 N–H and O–H groups in total. The van der Waals surface area contributed by atoms with Gasteiger partial charge < -0.3 is 15.2 Å². The van der Waals surface area contributed by atoms with Crippen molar-refractivity contribution in [3.8, 4) is 0 Å². The molecule has 5 rings (SSSR count).